The fraction of sp³-hybridized carbons (Fsp3) is 0.562. The van der Waals surface area contributed by atoms with E-state index in [1.165, 1.54) is 24.5 Å². The second-order valence-corrected chi connectivity index (χ2v) is 6.81. The Morgan fingerprint density at radius 3 is 2.58 bits per heavy atom. The second-order valence-electron chi connectivity index (χ2n) is 6.81. The molecule has 0 bridgehead atoms. The van der Waals surface area contributed by atoms with Crippen molar-refractivity contribution in [1.82, 2.24) is 0 Å². The molecule has 1 aromatic rings. The largest absolute Gasteiger partial charge is 0.441 e. The molecule has 0 unspecified atom stereocenters. The molecule has 1 aliphatic rings. The molecular weight excluding hydrogens is 316 g/mol. The monoisotopic (exact) mass is 338 g/mol. The van der Waals surface area contributed by atoms with Crippen LogP contribution in [0.3, 0.4) is 0 Å². The van der Waals surface area contributed by atoms with Gasteiger partial charge in [-0.2, -0.15) is 0 Å². The first-order chi connectivity index (χ1) is 11.0. The Balaban J connectivity index is 2.09. The van der Waals surface area contributed by atoms with Crippen LogP contribution in [0.2, 0.25) is 0 Å². The molecule has 1 radical (unpaired) electrons. The Morgan fingerprint density at radius 2 is 2.08 bits per heavy atom. The SMILES string of the molecule is CC(C)(O)C(C)(C)O[B]c1ccc(N2C[C@H](CO)OC2=O)cc1F. The minimum Gasteiger partial charge on any atom is -0.441 e. The zero-order valence-corrected chi connectivity index (χ0v) is 14.2. The van der Waals surface area contributed by atoms with Crippen molar-refractivity contribution in [3.63, 3.8) is 0 Å². The average Bonchev–Trinajstić information content (AvgIpc) is 2.86. The molecule has 0 aliphatic carbocycles. The maximum atomic E-state index is 14.3. The number of nitrogens with zero attached hydrogens (tertiary/aromatic N) is 1. The number of carbonyl (C=O) groups is 1. The molecule has 24 heavy (non-hydrogen) atoms. The molecule has 0 saturated carbocycles. The Morgan fingerprint density at radius 1 is 1.42 bits per heavy atom. The lowest BCUT2D eigenvalue weighted by atomic mass is 9.82. The van der Waals surface area contributed by atoms with Crippen molar-refractivity contribution in [3.8, 4) is 0 Å². The van der Waals surface area contributed by atoms with Gasteiger partial charge in [-0.25, -0.2) is 9.18 Å². The summed E-state index contributed by atoms with van der Waals surface area (Å²) in [6.45, 7) is 6.50. The third-order valence-electron chi connectivity index (χ3n) is 4.33. The first-order valence-electron chi connectivity index (χ1n) is 7.67. The van der Waals surface area contributed by atoms with Gasteiger partial charge < -0.3 is 19.6 Å². The van der Waals surface area contributed by atoms with Crippen LogP contribution in [0.5, 0.6) is 0 Å². The van der Waals surface area contributed by atoms with Gasteiger partial charge in [-0.15, -0.1) is 0 Å². The standard InChI is InChI=1S/C16H22BFNO5/c1-15(2,22)16(3,4)24-17-12-6-5-10(7-13(12)18)19-8-11(9-20)23-14(19)21/h5-7,11,20,22H,8-9H2,1-4H3/t11-/m1/s1. The molecule has 0 aromatic heterocycles. The number of hydrogen-bond acceptors (Lipinski definition) is 5. The van der Waals surface area contributed by atoms with Crippen LogP contribution < -0.4 is 10.4 Å². The van der Waals surface area contributed by atoms with Crippen LogP contribution in [0, 0.1) is 5.82 Å². The van der Waals surface area contributed by atoms with Crippen LogP contribution in [0.15, 0.2) is 18.2 Å². The first kappa shape index (κ1) is 18.7. The molecule has 1 aliphatic heterocycles. The Hall–Kier alpha value is -1.64. The van der Waals surface area contributed by atoms with E-state index in [0.717, 1.165) is 0 Å². The predicted octanol–water partition coefficient (Wildman–Crippen LogP) is 0.954. The highest BCUT2D eigenvalue weighted by atomic mass is 19.1. The summed E-state index contributed by atoms with van der Waals surface area (Å²) in [7, 11) is 1.25. The number of carbonyl (C=O) groups excluding carboxylic acids is 1. The summed E-state index contributed by atoms with van der Waals surface area (Å²) in [6.07, 6.45) is -1.23. The number of cyclic esters (lactones) is 1. The third kappa shape index (κ3) is 3.88. The van der Waals surface area contributed by atoms with E-state index in [9.17, 15) is 14.3 Å². The molecule has 1 saturated heterocycles. The Kier molecular flexibility index (Phi) is 5.22. The molecule has 8 heteroatoms. The van der Waals surface area contributed by atoms with Crippen molar-refractivity contribution in [3.05, 3.63) is 24.0 Å². The molecule has 6 nitrogen and oxygen atoms in total. The van der Waals surface area contributed by atoms with Crippen molar-refractivity contribution in [2.24, 2.45) is 0 Å². The highest BCUT2D eigenvalue weighted by Crippen LogP contribution is 2.25. The molecular formula is C16H22BFNO5. The third-order valence-corrected chi connectivity index (χ3v) is 4.33. The molecule has 0 spiro atoms. The molecule has 1 aromatic carbocycles. The molecule has 1 amide bonds. The number of ether oxygens (including phenoxy) is 1. The lowest BCUT2D eigenvalue weighted by Crippen LogP contribution is -2.49. The quantitative estimate of drug-likeness (QED) is 0.755. The molecule has 1 atom stereocenters. The number of aliphatic hydroxyl groups excluding tert-OH is 1. The van der Waals surface area contributed by atoms with E-state index in [-0.39, 0.29) is 18.6 Å². The van der Waals surface area contributed by atoms with Crippen molar-refractivity contribution < 1.29 is 28.8 Å². The molecule has 1 fully saturated rings. The van der Waals surface area contributed by atoms with Gasteiger partial charge in [0, 0.05) is 0 Å². The van der Waals surface area contributed by atoms with E-state index < -0.39 is 29.2 Å². The maximum absolute atomic E-state index is 14.3. The van der Waals surface area contributed by atoms with Crippen molar-refractivity contribution in [2.75, 3.05) is 18.1 Å². The van der Waals surface area contributed by atoms with Crippen molar-refractivity contribution in [2.45, 2.75) is 45.0 Å². The van der Waals surface area contributed by atoms with Gasteiger partial charge in [-0.3, -0.25) is 4.90 Å². The van der Waals surface area contributed by atoms with Gasteiger partial charge in [-0.1, -0.05) is 6.07 Å². The van der Waals surface area contributed by atoms with Gasteiger partial charge in [0.05, 0.1) is 30.0 Å². The van der Waals surface area contributed by atoms with Gasteiger partial charge >= 0.3 is 13.6 Å². The number of anilines is 1. The fourth-order valence-electron chi connectivity index (χ4n) is 1.96. The number of rotatable bonds is 6. The van der Waals surface area contributed by atoms with Crippen molar-refractivity contribution >= 4 is 24.7 Å². The number of halogens is 1. The van der Waals surface area contributed by atoms with E-state index >= 15 is 0 Å². The lowest BCUT2D eigenvalue weighted by molar-refractivity contribution is -0.0893. The summed E-state index contributed by atoms with van der Waals surface area (Å²) in [4.78, 5) is 13.0. The predicted molar refractivity (Wildman–Crippen MR) is 88.0 cm³/mol. The van der Waals surface area contributed by atoms with Gasteiger partial charge in [-0.05, 0) is 45.3 Å². The zero-order chi connectivity index (χ0) is 18.1. The molecule has 1 heterocycles. The van der Waals surface area contributed by atoms with Crippen LogP contribution in [-0.2, 0) is 9.39 Å². The first-order valence-corrected chi connectivity index (χ1v) is 7.67. The lowest BCUT2D eigenvalue weighted by Gasteiger charge is -2.37. The Labute approximate surface area is 141 Å². The number of amides is 1. The summed E-state index contributed by atoms with van der Waals surface area (Å²) in [5.41, 5.74) is -1.49. The van der Waals surface area contributed by atoms with Crippen LogP contribution in [-0.4, -0.2) is 54.2 Å². The van der Waals surface area contributed by atoms with E-state index in [4.69, 9.17) is 14.5 Å². The summed E-state index contributed by atoms with van der Waals surface area (Å²) in [5, 5.41) is 19.1. The summed E-state index contributed by atoms with van der Waals surface area (Å²) >= 11 is 0. The molecule has 2 N–H and O–H groups in total. The second kappa shape index (κ2) is 6.70. The summed E-state index contributed by atoms with van der Waals surface area (Å²) in [6, 6.07) is 4.24. The van der Waals surface area contributed by atoms with Gasteiger partial charge in [0.15, 0.2) is 0 Å². The molecule has 2 rings (SSSR count). The smallest absolute Gasteiger partial charge is 0.414 e. The number of aliphatic hydroxyl groups is 2. The van der Waals surface area contributed by atoms with E-state index in [1.807, 2.05) is 0 Å². The van der Waals surface area contributed by atoms with Crippen LogP contribution >= 0.6 is 0 Å². The average molecular weight is 338 g/mol. The topological polar surface area (TPSA) is 79.2 Å². The van der Waals surface area contributed by atoms with Crippen molar-refractivity contribution in [1.29, 1.82) is 0 Å². The summed E-state index contributed by atoms with van der Waals surface area (Å²) < 4.78 is 24.7. The van der Waals surface area contributed by atoms with Gasteiger partial charge in [0.1, 0.15) is 11.9 Å². The summed E-state index contributed by atoms with van der Waals surface area (Å²) in [5.74, 6) is -0.570. The van der Waals surface area contributed by atoms with Crippen LogP contribution in [0.25, 0.3) is 0 Å². The number of hydrogen-bond donors (Lipinski definition) is 2. The van der Waals surface area contributed by atoms with E-state index in [2.05, 4.69) is 0 Å². The van der Waals surface area contributed by atoms with Gasteiger partial charge in [0.25, 0.3) is 0 Å². The number of benzene rings is 1. The van der Waals surface area contributed by atoms with E-state index in [0.29, 0.717) is 5.69 Å². The van der Waals surface area contributed by atoms with Crippen LogP contribution in [0.4, 0.5) is 14.9 Å². The normalized spacial score (nSPS) is 18.7. The Bertz CT molecular complexity index is 617. The fourth-order valence-corrected chi connectivity index (χ4v) is 1.96. The molecule has 131 valence electrons. The highest BCUT2D eigenvalue weighted by molar-refractivity contribution is 6.47. The minimum absolute atomic E-state index is 0.167. The van der Waals surface area contributed by atoms with Gasteiger partial charge in [0.2, 0.25) is 0 Å². The maximum Gasteiger partial charge on any atom is 0.414 e. The zero-order valence-electron chi connectivity index (χ0n) is 14.2. The minimum atomic E-state index is -1.11. The van der Waals surface area contributed by atoms with E-state index in [1.54, 1.807) is 33.8 Å². The van der Waals surface area contributed by atoms with Crippen LogP contribution in [0.1, 0.15) is 27.7 Å². The highest BCUT2D eigenvalue weighted by Gasteiger charge is 2.36.